The van der Waals surface area contributed by atoms with E-state index < -0.39 is 0 Å². The molecule has 1 aromatic carbocycles. The summed E-state index contributed by atoms with van der Waals surface area (Å²) in [7, 11) is 1.73. The predicted molar refractivity (Wildman–Crippen MR) is 82.6 cm³/mol. The summed E-state index contributed by atoms with van der Waals surface area (Å²) in [6.45, 7) is 7.85. The van der Waals surface area contributed by atoms with Crippen LogP contribution in [0.4, 0.5) is 0 Å². The van der Waals surface area contributed by atoms with Gasteiger partial charge in [0, 0.05) is 32.8 Å². The molecule has 0 aliphatic carbocycles. The lowest BCUT2D eigenvalue weighted by atomic mass is 10.0. The highest BCUT2D eigenvalue weighted by Crippen LogP contribution is 2.35. The lowest BCUT2D eigenvalue weighted by Gasteiger charge is -2.32. The third-order valence-electron chi connectivity index (χ3n) is 3.63. The van der Waals surface area contributed by atoms with Gasteiger partial charge >= 0.3 is 0 Å². The van der Waals surface area contributed by atoms with Crippen molar-refractivity contribution in [1.29, 1.82) is 0 Å². The van der Waals surface area contributed by atoms with E-state index in [0.29, 0.717) is 25.9 Å². The van der Waals surface area contributed by atoms with Crippen molar-refractivity contribution < 1.29 is 14.2 Å². The van der Waals surface area contributed by atoms with Gasteiger partial charge in [-0.05, 0) is 23.6 Å². The molecule has 1 aromatic rings. The molecule has 5 heteroatoms. The van der Waals surface area contributed by atoms with Crippen LogP contribution >= 0.6 is 0 Å². The molecule has 0 saturated carbocycles. The Hall–Kier alpha value is -1.30. The SMILES string of the molecule is COCCN(CC(C)C)C(CN)c1ccc2c(c1)OCO2. The summed E-state index contributed by atoms with van der Waals surface area (Å²) in [4.78, 5) is 2.38. The number of hydrogen-bond acceptors (Lipinski definition) is 5. The molecule has 0 saturated heterocycles. The zero-order valence-electron chi connectivity index (χ0n) is 13.2. The Balaban J connectivity index is 2.18. The van der Waals surface area contributed by atoms with E-state index in [1.54, 1.807) is 7.11 Å². The summed E-state index contributed by atoms with van der Waals surface area (Å²) in [6, 6.07) is 6.24. The fraction of sp³-hybridized carbons (Fsp3) is 0.625. The lowest BCUT2D eigenvalue weighted by Crippen LogP contribution is -2.38. The van der Waals surface area contributed by atoms with Crippen LogP contribution in [0.1, 0.15) is 25.5 Å². The van der Waals surface area contributed by atoms with Crippen molar-refractivity contribution in [2.24, 2.45) is 11.7 Å². The molecular formula is C16H26N2O3. The number of hydrogen-bond donors (Lipinski definition) is 1. The number of rotatable bonds is 8. The summed E-state index contributed by atoms with van der Waals surface area (Å²) >= 11 is 0. The normalized spacial score (nSPS) is 15.0. The monoisotopic (exact) mass is 294 g/mol. The first-order chi connectivity index (χ1) is 10.2. The van der Waals surface area contributed by atoms with Gasteiger partial charge in [0.15, 0.2) is 11.5 Å². The van der Waals surface area contributed by atoms with Gasteiger partial charge in [-0.25, -0.2) is 0 Å². The maximum Gasteiger partial charge on any atom is 0.231 e. The van der Waals surface area contributed by atoms with Crippen molar-refractivity contribution in [2.45, 2.75) is 19.9 Å². The average molecular weight is 294 g/mol. The van der Waals surface area contributed by atoms with E-state index in [4.69, 9.17) is 19.9 Å². The first-order valence-electron chi connectivity index (χ1n) is 7.48. The molecule has 5 nitrogen and oxygen atoms in total. The van der Waals surface area contributed by atoms with Gasteiger partial charge in [-0.3, -0.25) is 4.90 Å². The summed E-state index contributed by atoms with van der Waals surface area (Å²) in [6.07, 6.45) is 0. The fourth-order valence-electron chi connectivity index (χ4n) is 2.67. The molecule has 0 aromatic heterocycles. The molecule has 0 amide bonds. The van der Waals surface area contributed by atoms with Crippen LogP contribution in [-0.4, -0.2) is 45.0 Å². The van der Waals surface area contributed by atoms with E-state index >= 15 is 0 Å². The molecule has 21 heavy (non-hydrogen) atoms. The van der Waals surface area contributed by atoms with Crippen LogP contribution in [0.25, 0.3) is 0 Å². The van der Waals surface area contributed by atoms with Gasteiger partial charge < -0.3 is 19.9 Å². The number of fused-ring (bicyclic) bond motifs is 1. The number of methoxy groups -OCH3 is 1. The minimum atomic E-state index is 0.164. The third kappa shape index (κ3) is 4.09. The quantitative estimate of drug-likeness (QED) is 0.795. The van der Waals surface area contributed by atoms with E-state index in [9.17, 15) is 0 Å². The smallest absolute Gasteiger partial charge is 0.231 e. The third-order valence-corrected chi connectivity index (χ3v) is 3.63. The largest absolute Gasteiger partial charge is 0.454 e. The van der Waals surface area contributed by atoms with Crippen molar-refractivity contribution in [3.05, 3.63) is 23.8 Å². The van der Waals surface area contributed by atoms with Crippen LogP contribution in [0.15, 0.2) is 18.2 Å². The highest BCUT2D eigenvalue weighted by atomic mass is 16.7. The van der Waals surface area contributed by atoms with E-state index in [-0.39, 0.29) is 6.04 Å². The second kappa shape index (κ2) is 7.64. The first-order valence-corrected chi connectivity index (χ1v) is 7.48. The van der Waals surface area contributed by atoms with Gasteiger partial charge in [0.05, 0.1) is 6.61 Å². The van der Waals surface area contributed by atoms with Gasteiger partial charge in [-0.15, -0.1) is 0 Å². The number of nitrogens with zero attached hydrogens (tertiary/aromatic N) is 1. The zero-order valence-corrected chi connectivity index (χ0v) is 13.2. The molecule has 0 spiro atoms. The van der Waals surface area contributed by atoms with Crippen molar-refractivity contribution in [3.63, 3.8) is 0 Å². The highest BCUT2D eigenvalue weighted by Gasteiger charge is 2.22. The van der Waals surface area contributed by atoms with Crippen molar-refractivity contribution in [1.82, 2.24) is 4.90 Å². The van der Waals surface area contributed by atoms with Crippen molar-refractivity contribution >= 4 is 0 Å². The molecular weight excluding hydrogens is 268 g/mol. The van der Waals surface area contributed by atoms with Gasteiger partial charge in [0.25, 0.3) is 0 Å². The van der Waals surface area contributed by atoms with Gasteiger partial charge in [-0.2, -0.15) is 0 Å². The van der Waals surface area contributed by atoms with Gasteiger partial charge in [0.2, 0.25) is 6.79 Å². The second-order valence-electron chi connectivity index (χ2n) is 5.75. The zero-order chi connectivity index (χ0) is 15.2. The Labute approximate surface area is 127 Å². The Morgan fingerprint density at radius 3 is 2.71 bits per heavy atom. The van der Waals surface area contributed by atoms with E-state index in [2.05, 4.69) is 24.8 Å². The van der Waals surface area contributed by atoms with E-state index in [1.807, 2.05) is 12.1 Å². The molecule has 0 radical (unpaired) electrons. The fourth-order valence-corrected chi connectivity index (χ4v) is 2.67. The van der Waals surface area contributed by atoms with Crippen molar-refractivity contribution in [2.75, 3.05) is 40.1 Å². The summed E-state index contributed by atoms with van der Waals surface area (Å²) in [5, 5.41) is 0. The van der Waals surface area contributed by atoms with Gasteiger partial charge in [-0.1, -0.05) is 19.9 Å². The Morgan fingerprint density at radius 1 is 1.29 bits per heavy atom. The summed E-state index contributed by atoms with van der Waals surface area (Å²) < 4.78 is 16.1. The minimum Gasteiger partial charge on any atom is -0.454 e. The van der Waals surface area contributed by atoms with Crippen LogP contribution in [0.2, 0.25) is 0 Å². The topological polar surface area (TPSA) is 57.0 Å². The molecule has 1 unspecified atom stereocenters. The molecule has 1 aliphatic heterocycles. The standard InChI is InChI=1S/C16H26N2O3/c1-12(2)10-18(6-7-19-3)14(9-17)13-4-5-15-16(8-13)21-11-20-15/h4-5,8,12,14H,6-7,9-11,17H2,1-3H3. The van der Waals surface area contributed by atoms with Crippen LogP contribution in [0.5, 0.6) is 11.5 Å². The Morgan fingerprint density at radius 2 is 2.05 bits per heavy atom. The van der Waals surface area contributed by atoms with Gasteiger partial charge in [0.1, 0.15) is 0 Å². The molecule has 1 heterocycles. The van der Waals surface area contributed by atoms with E-state index in [0.717, 1.165) is 24.6 Å². The number of benzene rings is 1. The highest BCUT2D eigenvalue weighted by molar-refractivity contribution is 5.45. The Bertz CT molecular complexity index is 451. The second-order valence-corrected chi connectivity index (χ2v) is 5.75. The molecule has 118 valence electrons. The minimum absolute atomic E-state index is 0.164. The molecule has 0 fully saturated rings. The molecule has 2 rings (SSSR count). The molecule has 0 bridgehead atoms. The molecule has 1 aliphatic rings. The lowest BCUT2D eigenvalue weighted by molar-refractivity contribution is 0.112. The van der Waals surface area contributed by atoms with Crippen LogP contribution in [-0.2, 0) is 4.74 Å². The number of nitrogens with two attached hydrogens (primary N) is 1. The van der Waals surface area contributed by atoms with Crippen LogP contribution < -0.4 is 15.2 Å². The maximum absolute atomic E-state index is 6.04. The van der Waals surface area contributed by atoms with E-state index in [1.165, 1.54) is 5.56 Å². The average Bonchev–Trinajstić information content (AvgIpc) is 2.92. The first kappa shape index (κ1) is 16.1. The van der Waals surface area contributed by atoms with Crippen LogP contribution in [0.3, 0.4) is 0 Å². The maximum atomic E-state index is 6.04. The molecule has 1 atom stereocenters. The molecule has 2 N–H and O–H groups in total. The summed E-state index contributed by atoms with van der Waals surface area (Å²) in [5.74, 6) is 2.19. The Kier molecular flexibility index (Phi) is 5.85. The predicted octanol–water partition coefficient (Wildman–Crippen LogP) is 2.02. The van der Waals surface area contributed by atoms with Crippen LogP contribution in [0, 0.1) is 5.92 Å². The summed E-state index contributed by atoms with van der Waals surface area (Å²) in [5.41, 5.74) is 7.21. The number of ether oxygens (including phenoxy) is 3. The van der Waals surface area contributed by atoms with Crippen molar-refractivity contribution in [3.8, 4) is 11.5 Å².